The van der Waals surface area contributed by atoms with Gasteiger partial charge in [0.25, 0.3) is 5.91 Å². The smallest absolute Gasteiger partial charge is 0.263 e. The number of aryl methyl sites for hydroxylation is 1. The van der Waals surface area contributed by atoms with E-state index in [1.807, 2.05) is 6.92 Å². The maximum atomic E-state index is 12.2. The molecule has 1 saturated heterocycles. The highest BCUT2D eigenvalue weighted by Gasteiger charge is 2.20. The third kappa shape index (κ3) is 5.39. The van der Waals surface area contributed by atoms with Crippen LogP contribution in [0.5, 0.6) is 5.75 Å². The molecule has 0 saturated carbocycles. The number of hydrogen-bond acceptors (Lipinski definition) is 9. The third-order valence-electron chi connectivity index (χ3n) is 5.09. The minimum atomic E-state index is -0.357. The average Bonchev–Trinajstić information content (AvgIpc) is 2.80. The van der Waals surface area contributed by atoms with E-state index in [9.17, 15) is 4.79 Å². The summed E-state index contributed by atoms with van der Waals surface area (Å²) in [5.41, 5.74) is 1.69. The van der Waals surface area contributed by atoms with Crippen LogP contribution in [0.1, 0.15) is 5.69 Å². The van der Waals surface area contributed by atoms with Crippen LogP contribution in [0, 0.1) is 6.92 Å². The molecule has 0 bridgehead atoms. The lowest BCUT2D eigenvalue weighted by atomic mass is 10.3. The van der Waals surface area contributed by atoms with Crippen molar-refractivity contribution in [3.05, 3.63) is 41.2 Å². The van der Waals surface area contributed by atoms with Crippen LogP contribution in [0.4, 0.5) is 11.8 Å². The molecule has 0 radical (unpaired) electrons. The summed E-state index contributed by atoms with van der Waals surface area (Å²) in [4.78, 5) is 34.5. The van der Waals surface area contributed by atoms with Gasteiger partial charge in [-0.05, 0) is 31.2 Å². The number of aliphatic hydroxyl groups excluding tert-OH is 1. The van der Waals surface area contributed by atoms with Gasteiger partial charge in [0.2, 0.25) is 5.95 Å². The van der Waals surface area contributed by atoms with Gasteiger partial charge in [-0.3, -0.25) is 9.69 Å². The van der Waals surface area contributed by atoms with Crippen LogP contribution < -0.4 is 15.0 Å². The Morgan fingerprint density at radius 1 is 1.16 bits per heavy atom. The molecule has 11 heteroatoms. The first-order valence-corrected chi connectivity index (χ1v) is 10.7. The first-order valence-electron chi connectivity index (χ1n) is 10.3. The third-order valence-corrected chi connectivity index (χ3v) is 5.34. The lowest BCUT2D eigenvalue weighted by Gasteiger charge is -2.34. The number of nitrogens with one attached hydrogen (secondary N) is 1. The van der Waals surface area contributed by atoms with E-state index in [0.29, 0.717) is 45.9 Å². The Hall–Kier alpha value is -3.08. The van der Waals surface area contributed by atoms with Crippen molar-refractivity contribution in [3.63, 3.8) is 0 Å². The van der Waals surface area contributed by atoms with Gasteiger partial charge >= 0.3 is 0 Å². The number of β-amino-alcohol motifs (C(OH)–C–C–N with tert-alkyl or cyclic N) is 1. The maximum Gasteiger partial charge on any atom is 0.263 e. The number of fused-ring (bicyclic) bond motifs is 1. The second kappa shape index (κ2) is 10.0. The number of benzene rings is 1. The minimum Gasteiger partial charge on any atom is -0.484 e. The number of hydrogen-bond donors (Lipinski definition) is 2. The van der Waals surface area contributed by atoms with E-state index in [-0.39, 0.29) is 19.1 Å². The van der Waals surface area contributed by atoms with Crippen molar-refractivity contribution in [2.75, 3.05) is 56.2 Å². The number of ether oxygens (including phenoxy) is 1. The van der Waals surface area contributed by atoms with Gasteiger partial charge < -0.3 is 20.1 Å². The molecule has 1 amide bonds. The fourth-order valence-electron chi connectivity index (χ4n) is 3.40. The monoisotopic (exact) mass is 457 g/mol. The largest absolute Gasteiger partial charge is 0.484 e. The highest BCUT2D eigenvalue weighted by molar-refractivity contribution is 6.30. The summed E-state index contributed by atoms with van der Waals surface area (Å²) in [5, 5.41) is 12.4. The van der Waals surface area contributed by atoms with Crippen LogP contribution in [0.25, 0.3) is 11.2 Å². The van der Waals surface area contributed by atoms with Crippen LogP contribution in [0.2, 0.25) is 5.02 Å². The van der Waals surface area contributed by atoms with E-state index in [1.54, 1.807) is 24.3 Å². The Kier molecular flexibility index (Phi) is 6.93. The van der Waals surface area contributed by atoms with E-state index in [1.165, 1.54) is 6.20 Å². The zero-order chi connectivity index (χ0) is 22.5. The molecule has 0 spiro atoms. The summed E-state index contributed by atoms with van der Waals surface area (Å²) in [6.45, 7) is 5.76. The first kappa shape index (κ1) is 22.1. The average molecular weight is 458 g/mol. The van der Waals surface area contributed by atoms with E-state index in [2.05, 4.69) is 35.1 Å². The molecule has 0 atom stereocenters. The number of aromatic nitrogens is 4. The second-order valence-corrected chi connectivity index (χ2v) is 7.82. The van der Waals surface area contributed by atoms with Crippen molar-refractivity contribution < 1.29 is 14.6 Å². The summed E-state index contributed by atoms with van der Waals surface area (Å²) in [5.74, 6) is 1.10. The molecule has 168 valence electrons. The van der Waals surface area contributed by atoms with E-state index in [0.717, 1.165) is 26.2 Å². The molecule has 0 unspecified atom stereocenters. The Bertz CT molecular complexity index is 1090. The Balaban J connectivity index is 1.40. The molecule has 4 rings (SSSR count). The molecule has 3 heterocycles. The Morgan fingerprint density at radius 3 is 2.62 bits per heavy atom. The standard InChI is InChI=1S/C21H24ClN7O3/c1-14-19-20(27-21(24-14)29-8-6-28(7-9-29)10-11-30)23-12-17(26-19)25-18(31)13-32-16-4-2-15(22)3-5-16/h2-5,12,30H,6-11,13H2,1H3,(H,25,26,31). The Morgan fingerprint density at radius 2 is 1.91 bits per heavy atom. The molecule has 1 aliphatic heterocycles. The predicted octanol–water partition coefficient (Wildman–Crippen LogP) is 1.51. The number of aliphatic hydroxyl groups is 1. The van der Waals surface area contributed by atoms with Gasteiger partial charge in [-0.25, -0.2) is 15.0 Å². The van der Waals surface area contributed by atoms with Crippen molar-refractivity contribution in [2.45, 2.75) is 6.92 Å². The summed E-state index contributed by atoms with van der Waals surface area (Å²) < 4.78 is 5.45. The fourth-order valence-corrected chi connectivity index (χ4v) is 3.53. The number of carbonyl (C=O) groups is 1. The van der Waals surface area contributed by atoms with Gasteiger partial charge in [0, 0.05) is 37.7 Å². The van der Waals surface area contributed by atoms with Gasteiger partial charge in [-0.15, -0.1) is 0 Å². The first-order chi connectivity index (χ1) is 15.5. The molecule has 2 aromatic heterocycles. The van der Waals surface area contributed by atoms with Crippen molar-refractivity contribution in [1.82, 2.24) is 24.8 Å². The SMILES string of the molecule is Cc1nc(N2CCN(CCO)CC2)nc2ncc(NC(=O)COc3ccc(Cl)cc3)nc12. The maximum absolute atomic E-state index is 12.2. The van der Waals surface area contributed by atoms with E-state index in [4.69, 9.17) is 21.4 Å². The van der Waals surface area contributed by atoms with E-state index < -0.39 is 0 Å². The summed E-state index contributed by atoms with van der Waals surface area (Å²) in [6, 6.07) is 6.76. The zero-order valence-corrected chi connectivity index (χ0v) is 18.4. The zero-order valence-electron chi connectivity index (χ0n) is 17.7. The number of anilines is 2. The lowest BCUT2D eigenvalue weighted by Crippen LogP contribution is -2.47. The van der Waals surface area contributed by atoms with Gasteiger partial charge in [0.1, 0.15) is 11.3 Å². The Labute approximate surface area is 190 Å². The number of carbonyl (C=O) groups excluding carboxylic acids is 1. The van der Waals surface area contributed by atoms with Gasteiger partial charge in [0.15, 0.2) is 18.1 Å². The number of piperazine rings is 1. The molecule has 0 aliphatic carbocycles. The molecule has 32 heavy (non-hydrogen) atoms. The van der Waals surface area contributed by atoms with Crippen LogP contribution in [0.15, 0.2) is 30.5 Å². The molecular formula is C21H24ClN7O3. The van der Waals surface area contributed by atoms with Gasteiger partial charge in [0.05, 0.1) is 18.5 Å². The molecule has 10 nitrogen and oxygen atoms in total. The van der Waals surface area contributed by atoms with Crippen molar-refractivity contribution in [3.8, 4) is 5.75 Å². The van der Waals surface area contributed by atoms with Crippen molar-refractivity contribution >= 4 is 40.4 Å². The van der Waals surface area contributed by atoms with E-state index >= 15 is 0 Å². The minimum absolute atomic E-state index is 0.160. The molecule has 1 fully saturated rings. The topological polar surface area (TPSA) is 117 Å². The van der Waals surface area contributed by atoms with Crippen LogP contribution in [-0.4, -0.2) is 81.8 Å². The highest BCUT2D eigenvalue weighted by Crippen LogP contribution is 2.19. The molecule has 3 aromatic rings. The quantitative estimate of drug-likeness (QED) is 0.544. The number of halogens is 1. The summed E-state index contributed by atoms with van der Waals surface area (Å²) >= 11 is 5.84. The number of rotatable bonds is 7. The molecule has 1 aliphatic rings. The van der Waals surface area contributed by atoms with Crippen LogP contribution in [-0.2, 0) is 4.79 Å². The van der Waals surface area contributed by atoms with Crippen molar-refractivity contribution in [2.24, 2.45) is 0 Å². The molecular weight excluding hydrogens is 434 g/mol. The molecule has 1 aromatic carbocycles. The normalized spacial score (nSPS) is 14.5. The number of amides is 1. The van der Waals surface area contributed by atoms with Gasteiger partial charge in [-0.1, -0.05) is 11.6 Å². The highest BCUT2D eigenvalue weighted by atomic mass is 35.5. The molecule has 2 N–H and O–H groups in total. The van der Waals surface area contributed by atoms with Crippen LogP contribution in [0.3, 0.4) is 0 Å². The van der Waals surface area contributed by atoms with Crippen LogP contribution >= 0.6 is 11.6 Å². The summed E-state index contributed by atoms with van der Waals surface area (Å²) in [7, 11) is 0. The summed E-state index contributed by atoms with van der Waals surface area (Å²) in [6.07, 6.45) is 1.47. The fraction of sp³-hybridized carbons (Fsp3) is 0.381. The lowest BCUT2D eigenvalue weighted by molar-refractivity contribution is -0.118. The van der Waals surface area contributed by atoms with Crippen molar-refractivity contribution in [1.29, 1.82) is 0 Å². The predicted molar refractivity (Wildman–Crippen MR) is 121 cm³/mol. The number of nitrogens with zero attached hydrogens (tertiary/aromatic N) is 6. The van der Waals surface area contributed by atoms with Gasteiger partial charge in [-0.2, -0.15) is 4.98 Å². The second-order valence-electron chi connectivity index (χ2n) is 7.38.